The molecule has 1 N–H and O–H groups in total. The molecule has 2 aromatic carbocycles. The summed E-state index contributed by atoms with van der Waals surface area (Å²) in [6.45, 7) is 1.91. The lowest BCUT2D eigenvalue weighted by Gasteiger charge is -2.12. The summed E-state index contributed by atoms with van der Waals surface area (Å²) in [4.78, 5) is 12.1. The minimum absolute atomic E-state index is 0.106. The number of para-hydroxylation sites is 1. The highest BCUT2D eigenvalue weighted by Gasteiger charge is 2.34. The Kier molecular flexibility index (Phi) is 4.26. The van der Waals surface area contributed by atoms with Gasteiger partial charge in [0.25, 0.3) is 0 Å². The molecule has 0 radical (unpaired) electrons. The van der Waals surface area contributed by atoms with Crippen LogP contribution in [0.25, 0.3) is 11.5 Å². The second-order valence-electron chi connectivity index (χ2n) is 5.28. The molecule has 0 aliphatic carbocycles. The van der Waals surface area contributed by atoms with Gasteiger partial charge in [-0.2, -0.15) is 13.2 Å². The van der Waals surface area contributed by atoms with Gasteiger partial charge in [0.15, 0.2) is 0 Å². The Bertz CT molecular complexity index is 902. The first kappa shape index (κ1) is 16.7. The quantitative estimate of drug-likeness (QED) is 0.766. The molecule has 0 bridgehead atoms. The summed E-state index contributed by atoms with van der Waals surface area (Å²) in [5.74, 6) is -1.23. The minimum atomic E-state index is -4.59. The van der Waals surface area contributed by atoms with E-state index in [1.165, 1.54) is 12.1 Å². The fraction of sp³-hybridized carbons (Fsp3) is 0.118. The minimum Gasteiger partial charge on any atom is -0.412 e. The van der Waals surface area contributed by atoms with Crippen molar-refractivity contribution in [2.45, 2.75) is 13.1 Å². The summed E-state index contributed by atoms with van der Waals surface area (Å²) in [7, 11) is 0. The molecule has 3 aromatic rings. The Morgan fingerprint density at radius 3 is 2.40 bits per heavy atom. The van der Waals surface area contributed by atoms with Crippen molar-refractivity contribution >= 4 is 11.6 Å². The first-order valence-electron chi connectivity index (χ1n) is 7.23. The number of carbonyl (C=O) groups excluding carboxylic acids is 1. The van der Waals surface area contributed by atoms with Crippen LogP contribution in [0.2, 0.25) is 0 Å². The molecule has 0 saturated heterocycles. The Morgan fingerprint density at radius 1 is 1.04 bits per heavy atom. The van der Waals surface area contributed by atoms with Gasteiger partial charge < -0.3 is 9.73 Å². The van der Waals surface area contributed by atoms with E-state index in [1.807, 2.05) is 19.1 Å². The van der Waals surface area contributed by atoms with E-state index in [2.05, 4.69) is 15.5 Å². The molecular weight excluding hydrogens is 335 g/mol. The molecule has 0 saturated carbocycles. The van der Waals surface area contributed by atoms with Crippen LogP contribution < -0.4 is 5.32 Å². The molecule has 0 spiro atoms. The van der Waals surface area contributed by atoms with Crippen molar-refractivity contribution in [2.24, 2.45) is 0 Å². The number of amides is 1. The molecule has 0 unspecified atom stereocenters. The average molecular weight is 347 g/mol. The summed E-state index contributed by atoms with van der Waals surface area (Å²) in [6.07, 6.45) is -4.59. The maximum absolute atomic E-state index is 13.0. The SMILES string of the molecule is Cc1ccc(-c2nnc(C(=O)Nc3ccccc3C(F)(F)F)o2)cc1. The number of nitrogens with zero attached hydrogens (tertiary/aromatic N) is 2. The maximum Gasteiger partial charge on any atom is 0.418 e. The summed E-state index contributed by atoms with van der Waals surface area (Å²) in [5, 5.41) is 9.50. The number of carbonyl (C=O) groups is 1. The van der Waals surface area contributed by atoms with E-state index in [0.717, 1.165) is 17.7 Å². The van der Waals surface area contributed by atoms with Gasteiger partial charge >= 0.3 is 18.0 Å². The third kappa shape index (κ3) is 3.68. The van der Waals surface area contributed by atoms with Crippen LogP contribution in [0, 0.1) is 6.92 Å². The van der Waals surface area contributed by atoms with Crippen molar-refractivity contribution < 1.29 is 22.4 Å². The number of nitrogens with one attached hydrogen (secondary N) is 1. The number of alkyl halides is 3. The molecule has 0 atom stereocenters. The van der Waals surface area contributed by atoms with E-state index in [1.54, 1.807) is 12.1 Å². The predicted octanol–water partition coefficient (Wildman–Crippen LogP) is 4.32. The van der Waals surface area contributed by atoms with Gasteiger partial charge in [-0.25, -0.2) is 0 Å². The van der Waals surface area contributed by atoms with E-state index in [4.69, 9.17) is 4.42 Å². The Hall–Kier alpha value is -3.16. The van der Waals surface area contributed by atoms with Gasteiger partial charge in [0.1, 0.15) is 0 Å². The maximum atomic E-state index is 13.0. The van der Waals surface area contributed by atoms with Crippen LogP contribution in [0.1, 0.15) is 21.8 Å². The van der Waals surface area contributed by atoms with Crippen molar-refractivity contribution in [1.29, 1.82) is 0 Å². The second-order valence-corrected chi connectivity index (χ2v) is 5.28. The van der Waals surface area contributed by atoms with Crippen LogP contribution in [0.4, 0.5) is 18.9 Å². The Labute approximate surface area is 140 Å². The molecule has 3 rings (SSSR count). The monoisotopic (exact) mass is 347 g/mol. The van der Waals surface area contributed by atoms with Crippen LogP contribution in [0.3, 0.4) is 0 Å². The Morgan fingerprint density at radius 2 is 1.72 bits per heavy atom. The number of halogens is 3. The van der Waals surface area contributed by atoms with E-state index in [0.29, 0.717) is 5.56 Å². The van der Waals surface area contributed by atoms with Crippen molar-refractivity contribution in [3.8, 4) is 11.5 Å². The first-order chi connectivity index (χ1) is 11.8. The van der Waals surface area contributed by atoms with Crippen molar-refractivity contribution in [3.05, 3.63) is 65.5 Å². The van der Waals surface area contributed by atoms with Crippen molar-refractivity contribution in [3.63, 3.8) is 0 Å². The normalized spacial score (nSPS) is 11.4. The van der Waals surface area contributed by atoms with Gasteiger partial charge in [-0.1, -0.05) is 29.8 Å². The fourth-order valence-electron chi connectivity index (χ4n) is 2.14. The van der Waals surface area contributed by atoms with Crippen LogP contribution in [0.15, 0.2) is 52.9 Å². The van der Waals surface area contributed by atoms with Crippen LogP contribution in [-0.4, -0.2) is 16.1 Å². The third-order valence-electron chi connectivity index (χ3n) is 3.40. The van der Waals surface area contributed by atoms with Gasteiger partial charge in [0, 0.05) is 5.56 Å². The van der Waals surface area contributed by atoms with Gasteiger partial charge in [0.2, 0.25) is 5.89 Å². The largest absolute Gasteiger partial charge is 0.418 e. The number of hydrogen-bond donors (Lipinski definition) is 1. The van der Waals surface area contributed by atoms with Crippen LogP contribution in [-0.2, 0) is 6.18 Å². The number of rotatable bonds is 3. The molecule has 1 aromatic heterocycles. The van der Waals surface area contributed by atoms with Gasteiger partial charge in [-0.3, -0.25) is 4.79 Å². The number of aryl methyl sites for hydroxylation is 1. The lowest BCUT2D eigenvalue weighted by Crippen LogP contribution is -2.16. The summed E-state index contributed by atoms with van der Waals surface area (Å²) >= 11 is 0. The third-order valence-corrected chi connectivity index (χ3v) is 3.40. The summed E-state index contributed by atoms with van der Waals surface area (Å²) < 4.78 is 44.1. The number of aromatic nitrogens is 2. The molecular formula is C17H12F3N3O2. The van der Waals surface area contributed by atoms with E-state index >= 15 is 0 Å². The highest BCUT2D eigenvalue weighted by atomic mass is 19.4. The number of anilines is 1. The van der Waals surface area contributed by atoms with Crippen molar-refractivity contribution in [1.82, 2.24) is 10.2 Å². The van der Waals surface area contributed by atoms with Gasteiger partial charge in [-0.05, 0) is 31.2 Å². The molecule has 0 fully saturated rings. The molecule has 1 amide bonds. The van der Waals surface area contributed by atoms with Crippen molar-refractivity contribution in [2.75, 3.05) is 5.32 Å². The lowest BCUT2D eigenvalue weighted by molar-refractivity contribution is -0.136. The average Bonchev–Trinajstić information content (AvgIpc) is 3.05. The highest BCUT2D eigenvalue weighted by molar-refractivity contribution is 6.01. The number of hydrogen-bond acceptors (Lipinski definition) is 4. The van der Waals surface area contributed by atoms with E-state index in [-0.39, 0.29) is 11.6 Å². The van der Waals surface area contributed by atoms with Gasteiger partial charge in [0.05, 0.1) is 11.3 Å². The zero-order valence-corrected chi connectivity index (χ0v) is 13.0. The second kappa shape index (κ2) is 6.39. The van der Waals surface area contributed by atoms with E-state index in [9.17, 15) is 18.0 Å². The molecule has 5 nitrogen and oxygen atoms in total. The molecule has 8 heteroatoms. The van der Waals surface area contributed by atoms with Gasteiger partial charge in [-0.15, -0.1) is 10.2 Å². The predicted molar refractivity (Wildman–Crippen MR) is 83.9 cm³/mol. The first-order valence-corrected chi connectivity index (χ1v) is 7.23. The van der Waals surface area contributed by atoms with E-state index < -0.39 is 23.5 Å². The fourth-order valence-corrected chi connectivity index (χ4v) is 2.14. The standard InChI is InChI=1S/C17H12F3N3O2/c1-10-6-8-11(9-7-10)15-22-23-16(25-15)14(24)21-13-5-3-2-4-12(13)17(18,19)20/h2-9H,1H3,(H,21,24). The number of benzene rings is 2. The highest BCUT2D eigenvalue weighted by Crippen LogP contribution is 2.34. The molecule has 0 aliphatic rings. The summed E-state index contributed by atoms with van der Waals surface area (Å²) in [5.41, 5.74) is 0.301. The smallest absolute Gasteiger partial charge is 0.412 e. The zero-order chi connectivity index (χ0) is 18.0. The topological polar surface area (TPSA) is 68.0 Å². The lowest BCUT2D eigenvalue weighted by atomic mass is 10.1. The zero-order valence-electron chi connectivity index (χ0n) is 13.0. The molecule has 25 heavy (non-hydrogen) atoms. The molecule has 0 aliphatic heterocycles. The summed E-state index contributed by atoms with van der Waals surface area (Å²) in [6, 6.07) is 11.8. The molecule has 128 valence electrons. The molecule has 1 heterocycles. The van der Waals surface area contributed by atoms with Crippen LogP contribution in [0.5, 0.6) is 0 Å². The Balaban J connectivity index is 1.83. The van der Waals surface area contributed by atoms with Crippen LogP contribution >= 0.6 is 0 Å².